The van der Waals surface area contributed by atoms with Crippen LogP contribution < -0.4 is 0 Å². The summed E-state index contributed by atoms with van der Waals surface area (Å²) >= 11 is 0. The summed E-state index contributed by atoms with van der Waals surface area (Å²) in [5.74, 6) is -1.39. The van der Waals surface area contributed by atoms with Crippen LogP contribution in [0.1, 0.15) is 12.0 Å². The molecule has 3 aromatic carbocycles. The highest BCUT2D eigenvalue weighted by atomic mass is 32.2. The van der Waals surface area contributed by atoms with Gasteiger partial charge in [-0.25, -0.2) is 16.8 Å². The summed E-state index contributed by atoms with van der Waals surface area (Å²) in [6.45, 7) is 0. The number of hydrogen-bond donors (Lipinski definition) is 1. The van der Waals surface area contributed by atoms with Crippen LogP contribution in [0.3, 0.4) is 0 Å². The van der Waals surface area contributed by atoms with Crippen LogP contribution >= 0.6 is 0 Å². The van der Waals surface area contributed by atoms with Gasteiger partial charge in [0.1, 0.15) is 5.82 Å². The lowest BCUT2D eigenvalue weighted by Crippen LogP contribution is -2.12. The molecule has 0 amide bonds. The topological polar surface area (TPSA) is 76.4 Å². The Hall–Kier alpha value is -3.45. The van der Waals surface area contributed by atoms with Crippen LogP contribution in [-0.2, 0) is 21.2 Å². The molecule has 0 saturated carbocycles. The van der Waals surface area contributed by atoms with Crippen molar-refractivity contribution >= 4 is 26.9 Å². The van der Waals surface area contributed by atoms with Gasteiger partial charge in [0.15, 0.2) is 0 Å². The zero-order valence-electron chi connectivity index (χ0n) is 15.8. The minimum absolute atomic E-state index is 0.0220. The Morgan fingerprint density at radius 1 is 0.967 bits per heavy atom. The number of aliphatic carboxylic acids is 1. The lowest BCUT2D eigenvalue weighted by atomic mass is 10.1. The van der Waals surface area contributed by atoms with E-state index in [4.69, 9.17) is 5.11 Å². The first-order valence-electron chi connectivity index (χ1n) is 9.29. The molecule has 5 nitrogen and oxygen atoms in total. The SMILES string of the molecule is O=C(O)CCc1cn(S(=O)(=O)c2cccc(-c3ccccc3F)c2)c2ccccc12. The normalized spacial score (nSPS) is 11.6. The number of aromatic nitrogens is 1. The van der Waals surface area contributed by atoms with Crippen molar-refractivity contribution in [3.8, 4) is 11.1 Å². The fourth-order valence-electron chi connectivity index (χ4n) is 3.49. The highest BCUT2D eigenvalue weighted by molar-refractivity contribution is 7.90. The zero-order chi connectivity index (χ0) is 21.3. The molecule has 0 spiro atoms. The molecule has 152 valence electrons. The number of nitrogens with zero attached hydrogens (tertiary/aromatic N) is 1. The van der Waals surface area contributed by atoms with Crippen molar-refractivity contribution in [2.24, 2.45) is 0 Å². The van der Waals surface area contributed by atoms with Crippen molar-refractivity contribution in [1.82, 2.24) is 3.97 Å². The van der Waals surface area contributed by atoms with Crippen LogP contribution in [-0.4, -0.2) is 23.5 Å². The molecule has 0 aliphatic carbocycles. The molecule has 0 unspecified atom stereocenters. The van der Waals surface area contributed by atoms with E-state index in [0.717, 1.165) is 0 Å². The Morgan fingerprint density at radius 3 is 2.47 bits per heavy atom. The molecule has 0 saturated heterocycles. The average Bonchev–Trinajstić information content (AvgIpc) is 3.12. The Kier molecular flexibility index (Phi) is 5.13. The summed E-state index contributed by atoms with van der Waals surface area (Å²) in [5, 5.41) is 9.68. The minimum atomic E-state index is -3.98. The quantitative estimate of drug-likeness (QED) is 0.488. The van der Waals surface area contributed by atoms with Crippen LogP contribution in [0.15, 0.2) is 83.9 Å². The molecule has 1 N–H and O–H groups in total. The Labute approximate surface area is 173 Å². The van der Waals surface area contributed by atoms with Crippen LogP contribution in [0.25, 0.3) is 22.0 Å². The molecule has 0 aliphatic heterocycles. The second-order valence-corrected chi connectivity index (χ2v) is 8.69. The number of aryl methyl sites for hydroxylation is 1. The standard InChI is InChI=1S/C23H18FNO4S/c24-21-10-3-1-8-19(21)16-6-5-7-18(14-16)30(28,29)25-15-17(12-13-23(26)27)20-9-2-4-11-22(20)25/h1-11,14-15H,12-13H2,(H,26,27). The molecule has 7 heteroatoms. The lowest BCUT2D eigenvalue weighted by Gasteiger charge is -2.10. The van der Waals surface area contributed by atoms with E-state index in [9.17, 15) is 17.6 Å². The molecular weight excluding hydrogens is 405 g/mol. The van der Waals surface area contributed by atoms with Crippen LogP contribution in [0, 0.1) is 5.82 Å². The fourth-order valence-corrected chi connectivity index (χ4v) is 4.93. The molecule has 4 aromatic rings. The number of fused-ring (bicyclic) bond motifs is 1. The zero-order valence-corrected chi connectivity index (χ0v) is 16.6. The minimum Gasteiger partial charge on any atom is -0.481 e. The van der Waals surface area contributed by atoms with Gasteiger partial charge in [0.25, 0.3) is 10.0 Å². The number of benzene rings is 3. The number of halogens is 1. The summed E-state index contributed by atoms with van der Waals surface area (Å²) in [4.78, 5) is 11.0. The first-order valence-corrected chi connectivity index (χ1v) is 10.7. The third-order valence-electron chi connectivity index (χ3n) is 4.94. The molecule has 0 atom stereocenters. The average molecular weight is 423 g/mol. The van der Waals surface area contributed by atoms with E-state index in [1.165, 1.54) is 28.4 Å². The fraction of sp³-hybridized carbons (Fsp3) is 0.0870. The summed E-state index contributed by atoms with van der Waals surface area (Å²) in [5.41, 5.74) is 1.88. The van der Waals surface area contributed by atoms with Gasteiger partial charge in [0, 0.05) is 23.6 Å². The predicted octanol–water partition coefficient (Wildman–Crippen LogP) is 4.70. The van der Waals surface area contributed by atoms with Crippen LogP contribution in [0.5, 0.6) is 0 Å². The first kappa shape index (κ1) is 19.8. The predicted molar refractivity (Wildman–Crippen MR) is 112 cm³/mol. The molecule has 0 fully saturated rings. The van der Waals surface area contributed by atoms with Crippen molar-refractivity contribution in [2.45, 2.75) is 17.7 Å². The summed E-state index contributed by atoms with van der Waals surface area (Å²) in [6, 6.07) is 19.3. The Morgan fingerprint density at radius 2 is 1.70 bits per heavy atom. The van der Waals surface area contributed by atoms with Crippen molar-refractivity contribution in [1.29, 1.82) is 0 Å². The maximum absolute atomic E-state index is 14.2. The van der Waals surface area contributed by atoms with Crippen molar-refractivity contribution in [2.75, 3.05) is 0 Å². The third kappa shape index (κ3) is 3.59. The van der Waals surface area contributed by atoms with Crippen molar-refractivity contribution < 1.29 is 22.7 Å². The van der Waals surface area contributed by atoms with Gasteiger partial charge in [-0.15, -0.1) is 0 Å². The van der Waals surface area contributed by atoms with E-state index >= 15 is 0 Å². The van der Waals surface area contributed by atoms with E-state index in [0.29, 0.717) is 27.6 Å². The van der Waals surface area contributed by atoms with E-state index in [2.05, 4.69) is 0 Å². The maximum Gasteiger partial charge on any atom is 0.303 e. The van der Waals surface area contributed by atoms with E-state index in [-0.39, 0.29) is 17.7 Å². The number of rotatable bonds is 6. The molecule has 30 heavy (non-hydrogen) atoms. The third-order valence-corrected chi connectivity index (χ3v) is 6.61. The monoisotopic (exact) mass is 423 g/mol. The molecule has 1 heterocycles. The van der Waals surface area contributed by atoms with E-state index in [1.54, 1.807) is 54.6 Å². The van der Waals surface area contributed by atoms with Gasteiger partial charge < -0.3 is 5.11 Å². The first-order chi connectivity index (χ1) is 14.4. The molecule has 0 aliphatic rings. The Bertz CT molecular complexity index is 1360. The molecule has 1 aromatic heterocycles. The van der Waals surface area contributed by atoms with Gasteiger partial charge >= 0.3 is 5.97 Å². The second kappa shape index (κ2) is 7.76. The van der Waals surface area contributed by atoms with Gasteiger partial charge in [0.05, 0.1) is 10.4 Å². The van der Waals surface area contributed by atoms with Crippen molar-refractivity contribution in [3.05, 3.63) is 90.4 Å². The van der Waals surface area contributed by atoms with Gasteiger partial charge in [0.2, 0.25) is 0 Å². The van der Waals surface area contributed by atoms with E-state index < -0.39 is 21.8 Å². The highest BCUT2D eigenvalue weighted by Gasteiger charge is 2.22. The van der Waals surface area contributed by atoms with Gasteiger partial charge in [-0.2, -0.15) is 0 Å². The lowest BCUT2D eigenvalue weighted by molar-refractivity contribution is -0.136. The van der Waals surface area contributed by atoms with Crippen LogP contribution in [0.2, 0.25) is 0 Å². The summed E-state index contributed by atoms with van der Waals surface area (Å²) in [7, 11) is -3.98. The van der Waals surface area contributed by atoms with Crippen molar-refractivity contribution in [3.63, 3.8) is 0 Å². The molecule has 0 bridgehead atoms. The highest BCUT2D eigenvalue weighted by Crippen LogP contribution is 2.29. The molecular formula is C23H18FNO4S. The largest absolute Gasteiger partial charge is 0.481 e. The van der Waals surface area contributed by atoms with E-state index in [1.807, 2.05) is 0 Å². The van der Waals surface area contributed by atoms with Gasteiger partial charge in [-0.3, -0.25) is 4.79 Å². The number of carbonyl (C=O) groups is 1. The number of hydrogen-bond acceptors (Lipinski definition) is 3. The number of carboxylic acid groups (broad SMARTS) is 1. The van der Waals surface area contributed by atoms with Gasteiger partial charge in [-0.05, 0) is 41.8 Å². The van der Waals surface area contributed by atoms with Crippen LogP contribution in [0.4, 0.5) is 4.39 Å². The Balaban J connectivity index is 1.83. The summed E-state index contributed by atoms with van der Waals surface area (Å²) < 4.78 is 42.2. The molecule has 0 radical (unpaired) electrons. The second-order valence-electron chi connectivity index (χ2n) is 6.87. The maximum atomic E-state index is 14.2. The summed E-state index contributed by atoms with van der Waals surface area (Å²) in [6.07, 6.45) is 1.59. The number of para-hydroxylation sites is 1. The number of carboxylic acids is 1. The molecule has 4 rings (SSSR count). The van der Waals surface area contributed by atoms with Gasteiger partial charge in [-0.1, -0.05) is 48.5 Å². The smallest absolute Gasteiger partial charge is 0.303 e.